The average molecular weight is 427 g/mol. The Hall–Kier alpha value is -3.18. The van der Waals surface area contributed by atoms with Gasteiger partial charge < -0.3 is 0 Å². The molecule has 0 aliphatic carbocycles. The molecular weight excluding hydrogens is 396 g/mol. The van der Waals surface area contributed by atoms with Crippen molar-refractivity contribution in [2.75, 3.05) is 6.54 Å². The van der Waals surface area contributed by atoms with Gasteiger partial charge >= 0.3 is 5.69 Å². The number of hydrogen-bond donors (Lipinski definition) is 0. The quantitative estimate of drug-likeness (QED) is 0.472. The van der Waals surface area contributed by atoms with E-state index in [-0.39, 0.29) is 5.69 Å². The summed E-state index contributed by atoms with van der Waals surface area (Å²) in [7, 11) is 3.68. The van der Waals surface area contributed by atoms with Crippen LogP contribution in [0.2, 0.25) is 0 Å². The van der Waals surface area contributed by atoms with Crippen LogP contribution in [0.5, 0.6) is 0 Å². The predicted octanol–water partition coefficient (Wildman–Crippen LogP) is 4.51. The highest BCUT2D eigenvalue weighted by atomic mass is 16.1. The Kier molecular flexibility index (Phi) is 5.43. The summed E-state index contributed by atoms with van der Waals surface area (Å²) in [6, 6.07) is 21.9. The molecule has 1 fully saturated rings. The van der Waals surface area contributed by atoms with Crippen molar-refractivity contribution >= 4 is 11.0 Å². The van der Waals surface area contributed by atoms with Crippen molar-refractivity contribution < 1.29 is 0 Å². The molecule has 0 amide bonds. The summed E-state index contributed by atoms with van der Waals surface area (Å²) in [5.74, 6) is 0. The van der Waals surface area contributed by atoms with Gasteiger partial charge in [-0.05, 0) is 73.7 Å². The van der Waals surface area contributed by atoms with Gasteiger partial charge in [-0.15, -0.1) is 0 Å². The highest BCUT2D eigenvalue weighted by Gasteiger charge is 2.27. The molecule has 2 aromatic heterocycles. The third kappa shape index (κ3) is 3.89. The van der Waals surface area contributed by atoms with Crippen LogP contribution in [0.3, 0.4) is 0 Å². The van der Waals surface area contributed by atoms with Crippen molar-refractivity contribution in [3.05, 3.63) is 99.2 Å². The molecule has 3 heterocycles. The van der Waals surface area contributed by atoms with Crippen LogP contribution in [0.4, 0.5) is 0 Å². The third-order valence-electron chi connectivity index (χ3n) is 6.71. The fraction of sp³-hybridized carbons (Fsp3) is 0.333. The summed E-state index contributed by atoms with van der Waals surface area (Å²) in [5, 5.41) is 0. The SMILES string of the molecule is Cc1cc(Cc2ccccc2)cc([C@@H]2CCCN2Cc2ccc3c(c2)n(C)c(=O)n3C)n1. The molecular formula is C27H30N4O. The van der Waals surface area contributed by atoms with E-state index in [9.17, 15) is 4.79 Å². The molecule has 32 heavy (non-hydrogen) atoms. The fourth-order valence-electron chi connectivity index (χ4n) is 5.11. The summed E-state index contributed by atoms with van der Waals surface area (Å²) in [5.41, 5.74) is 8.14. The van der Waals surface area contributed by atoms with Crippen molar-refractivity contribution in [3.63, 3.8) is 0 Å². The molecule has 5 rings (SSSR count). The maximum absolute atomic E-state index is 12.3. The van der Waals surface area contributed by atoms with E-state index in [2.05, 4.69) is 72.5 Å². The molecule has 5 nitrogen and oxygen atoms in total. The van der Waals surface area contributed by atoms with Crippen LogP contribution < -0.4 is 5.69 Å². The topological polar surface area (TPSA) is 43.1 Å². The van der Waals surface area contributed by atoms with Crippen LogP contribution in [0, 0.1) is 6.92 Å². The second-order valence-electron chi connectivity index (χ2n) is 9.06. The normalized spacial score (nSPS) is 16.8. The minimum Gasteiger partial charge on any atom is -0.295 e. The van der Waals surface area contributed by atoms with E-state index in [0.717, 1.165) is 42.7 Å². The lowest BCUT2D eigenvalue weighted by molar-refractivity contribution is 0.244. The largest absolute Gasteiger partial charge is 0.328 e. The number of rotatable bonds is 5. The van der Waals surface area contributed by atoms with Crippen molar-refractivity contribution in [2.24, 2.45) is 14.1 Å². The van der Waals surface area contributed by atoms with Crippen LogP contribution in [-0.2, 0) is 27.1 Å². The highest BCUT2D eigenvalue weighted by Crippen LogP contribution is 2.33. The predicted molar refractivity (Wildman–Crippen MR) is 129 cm³/mol. The van der Waals surface area contributed by atoms with Crippen molar-refractivity contribution in [3.8, 4) is 0 Å². The lowest BCUT2D eigenvalue weighted by Gasteiger charge is -2.25. The second-order valence-corrected chi connectivity index (χ2v) is 9.06. The van der Waals surface area contributed by atoms with Gasteiger partial charge in [0.25, 0.3) is 0 Å². The zero-order chi connectivity index (χ0) is 22.2. The van der Waals surface area contributed by atoms with Gasteiger partial charge in [0.05, 0.1) is 22.8 Å². The monoisotopic (exact) mass is 426 g/mol. The van der Waals surface area contributed by atoms with E-state index in [1.54, 1.807) is 9.13 Å². The molecule has 1 saturated heterocycles. The summed E-state index contributed by atoms with van der Waals surface area (Å²) in [6.45, 7) is 4.04. The van der Waals surface area contributed by atoms with Gasteiger partial charge in [-0.25, -0.2) is 4.79 Å². The number of aryl methyl sites for hydroxylation is 3. The number of pyridine rings is 1. The average Bonchev–Trinajstić information content (AvgIpc) is 3.33. The molecule has 0 spiro atoms. The Morgan fingerprint density at radius 1 is 0.906 bits per heavy atom. The standard InChI is InChI=1S/C27H30N4O/c1-19-14-22(15-20-8-5-4-6-9-20)16-23(28-19)24-10-7-13-31(24)18-21-11-12-25-26(17-21)30(3)27(32)29(25)2/h4-6,8-9,11-12,14,16-17,24H,7,10,13,15,18H2,1-3H3/t24-/m0/s1. The second kappa shape index (κ2) is 8.40. The molecule has 4 aromatic rings. The van der Waals surface area contributed by atoms with Crippen LogP contribution in [0.25, 0.3) is 11.0 Å². The number of imidazole rings is 1. The first-order valence-corrected chi connectivity index (χ1v) is 11.4. The minimum atomic E-state index is 0.0195. The molecule has 0 bridgehead atoms. The molecule has 0 radical (unpaired) electrons. The molecule has 5 heteroatoms. The fourth-order valence-corrected chi connectivity index (χ4v) is 5.11. The van der Waals surface area contributed by atoms with E-state index in [1.807, 2.05) is 14.1 Å². The van der Waals surface area contributed by atoms with E-state index in [4.69, 9.17) is 4.98 Å². The molecule has 0 N–H and O–H groups in total. The number of hydrogen-bond acceptors (Lipinski definition) is 3. The zero-order valence-corrected chi connectivity index (χ0v) is 19.1. The van der Waals surface area contributed by atoms with Crippen LogP contribution >= 0.6 is 0 Å². The number of likely N-dealkylation sites (tertiary alicyclic amines) is 1. The van der Waals surface area contributed by atoms with Crippen molar-refractivity contribution in [1.82, 2.24) is 19.0 Å². The summed E-state index contributed by atoms with van der Waals surface area (Å²) in [4.78, 5) is 19.8. The smallest absolute Gasteiger partial charge is 0.295 e. The van der Waals surface area contributed by atoms with E-state index in [0.29, 0.717) is 6.04 Å². The minimum absolute atomic E-state index is 0.0195. The van der Waals surface area contributed by atoms with Crippen molar-refractivity contribution in [2.45, 2.75) is 38.8 Å². The van der Waals surface area contributed by atoms with Gasteiger partial charge in [0, 0.05) is 26.3 Å². The Balaban J connectivity index is 1.41. The Morgan fingerprint density at radius 2 is 1.69 bits per heavy atom. The molecule has 0 unspecified atom stereocenters. The number of aromatic nitrogens is 3. The van der Waals surface area contributed by atoms with Gasteiger partial charge in [-0.2, -0.15) is 0 Å². The Labute approximate surface area is 188 Å². The van der Waals surface area contributed by atoms with Crippen molar-refractivity contribution in [1.29, 1.82) is 0 Å². The Bertz CT molecular complexity index is 1320. The van der Waals surface area contributed by atoms with Crippen LogP contribution in [-0.4, -0.2) is 25.6 Å². The lowest BCUT2D eigenvalue weighted by atomic mass is 10.0. The zero-order valence-electron chi connectivity index (χ0n) is 19.1. The molecule has 1 aliphatic heterocycles. The maximum atomic E-state index is 12.3. The molecule has 1 atom stereocenters. The summed E-state index contributed by atoms with van der Waals surface area (Å²) in [6.07, 6.45) is 3.25. The van der Waals surface area contributed by atoms with E-state index in [1.165, 1.54) is 28.8 Å². The van der Waals surface area contributed by atoms with Crippen LogP contribution in [0.15, 0.2) is 65.5 Å². The number of nitrogens with zero attached hydrogens (tertiary/aromatic N) is 4. The first kappa shape index (κ1) is 20.7. The third-order valence-corrected chi connectivity index (χ3v) is 6.71. The Morgan fingerprint density at radius 3 is 2.50 bits per heavy atom. The highest BCUT2D eigenvalue weighted by molar-refractivity contribution is 5.76. The lowest BCUT2D eigenvalue weighted by Crippen LogP contribution is -2.23. The molecule has 1 aliphatic rings. The number of fused-ring (bicyclic) bond motifs is 1. The maximum Gasteiger partial charge on any atom is 0.328 e. The van der Waals surface area contributed by atoms with E-state index < -0.39 is 0 Å². The first-order valence-electron chi connectivity index (χ1n) is 11.4. The van der Waals surface area contributed by atoms with Crippen LogP contribution in [0.1, 0.15) is 47.0 Å². The molecule has 164 valence electrons. The van der Waals surface area contributed by atoms with Gasteiger partial charge in [0.1, 0.15) is 0 Å². The number of benzene rings is 2. The van der Waals surface area contributed by atoms with Gasteiger partial charge in [-0.1, -0.05) is 36.4 Å². The molecule has 2 aromatic carbocycles. The van der Waals surface area contributed by atoms with Gasteiger partial charge in [0.15, 0.2) is 0 Å². The summed E-state index contributed by atoms with van der Waals surface area (Å²) >= 11 is 0. The van der Waals surface area contributed by atoms with E-state index >= 15 is 0 Å². The van der Waals surface area contributed by atoms with Gasteiger partial charge in [-0.3, -0.25) is 19.0 Å². The summed E-state index contributed by atoms with van der Waals surface area (Å²) < 4.78 is 3.45. The van der Waals surface area contributed by atoms with Gasteiger partial charge in [0.2, 0.25) is 0 Å². The molecule has 0 saturated carbocycles. The first-order chi connectivity index (χ1) is 15.5.